The Morgan fingerprint density at radius 1 is 1.14 bits per heavy atom. The SMILES string of the molecule is Cc1oc(-c2cc3c(cc2Cl)OCO3)nc1CN1CCCC(c2ccccc2)C1. The predicted molar refractivity (Wildman–Crippen MR) is 112 cm³/mol. The number of benzene rings is 2. The van der Waals surface area contributed by atoms with Crippen LogP contribution in [0.1, 0.15) is 35.8 Å². The van der Waals surface area contributed by atoms with Gasteiger partial charge < -0.3 is 13.9 Å². The Kier molecular flexibility index (Phi) is 4.94. The van der Waals surface area contributed by atoms with Gasteiger partial charge in [-0.25, -0.2) is 4.98 Å². The molecule has 1 atom stereocenters. The highest BCUT2D eigenvalue weighted by Crippen LogP contribution is 2.41. The highest BCUT2D eigenvalue weighted by molar-refractivity contribution is 6.33. The Hall–Kier alpha value is -2.50. The van der Waals surface area contributed by atoms with Gasteiger partial charge in [0.25, 0.3) is 0 Å². The number of aryl methyl sites for hydroxylation is 1. The molecule has 1 unspecified atom stereocenters. The average molecular weight is 411 g/mol. The molecule has 1 fully saturated rings. The number of rotatable bonds is 4. The Morgan fingerprint density at radius 2 is 1.93 bits per heavy atom. The number of hydrogen-bond donors (Lipinski definition) is 0. The third kappa shape index (κ3) is 3.72. The van der Waals surface area contributed by atoms with Crippen LogP contribution in [0.4, 0.5) is 0 Å². The number of ether oxygens (including phenoxy) is 2. The van der Waals surface area contributed by atoms with Crippen LogP contribution in [-0.2, 0) is 6.54 Å². The van der Waals surface area contributed by atoms with Crippen molar-refractivity contribution in [2.24, 2.45) is 0 Å². The van der Waals surface area contributed by atoms with Crippen LogP contribution in [-0.4, -0.2) is 29.8 Å². The van der Waals surface area contributed by atoms with Crippen molar-refractivity contribution in [1.29, 1.82) is 0 Å². The van der Waals surface area contributed by atoms with Crippen molar-refractivity contribution in [3.8, 4) is 23.0 Å². The number of oxazole rings is 1. The quantitative estimate of drug-likeness (QED) is 0.575. The van der Waals surface area contributed by atoms with Crippen LogP contribution in [0.3, 0.4) is 0 Å². The van der Waals surface area contributed by atoms with Crippen LogP contribution < -0.4 is 9.47 Å². The van der Waals surface area contributed by atoms with Crippen LogP contribution >= 0.6 is 11.6 Å². The molecule has 2 aromatic carbocycles. The van der Waals surface area contributed by atoms with Gasteiger partial charge in [0.2, 0.25) is 12.7 Å². The van der Waals surface area contributed by atoms with E-state index >= 15 is 0 Å². The first-order valence-corrected chi connectivity index (χ1v) is 10.4. The molecule has 0 saturated carbocycles. The standard InChI is InChI=1S/C23H23ClN2O3/c1-15-20(13-26-9-5-8-17(12-26)16-6-3-2-4-7-16)25-23(29-15)18-10-21-22(11-19(18)24)28-14-27-21/h2-4,6-7,10-11,17H,5,8-9,12-14H2,1H3. The largest absolute Gasteiger partial charge is 0.454 e. The number of piperidine rings is 1. The van der Waals surface area contributed by atoms with Crippen LogP contribution in [0.2, 0.25) is 5.02 Å². The summed E-state index contributed by atoms with van der Waals surface area (Å²) in [6, 6.07) is 14.4. The number of halogens is 1. The normalized spacial score (nSPS) is 18.9. The van der Waals surface area contributed by atoms with Gasteiger partial charge >= 0.3 is 0 Å². The van der Waals surface area contributed by atoms with Gasteiger partial charge in [0.05, 0.1) is 16.3 Å². The lowest BCUT2D eigenvalue weighted by Crippen LogP contribution is -2.34. The van der Waals surface area contributed by atoms with Crippen molar-refractivity contribution in [2.45, 2.75) is 32.2 Å². The molecular formula is C23H23ClN2O3. The summed E-state index contributed by atoms with van der Waals surface area (Å²) in [7, 11) is 0. The Morgan fingerprint density at radius 3 is 2.76 bits per heavy atom. The molecule has 29 heavy (non-hydrogen) atoms. The summed E-state index contributed by atoms with van der Waals surface area (Å²) >= 11 is 6.44. The third-order valence-corrected chi connectivity index (χ3v) is 6.05. The summed E-state index contributed by atoms with van der Waals surface area (Å²) in [6.07, 6.45) is 2.42. The van der Waals surface area contributed by atoms with E-state index in [0.29, 0.717) is 28.3 Å². The molecule has 3 aromatic rings. The molecule has 6 heteroatoms. The Labute approximate surface area is 175 Å². The van der Waals surface area contributed by atoms with E-state index in [1.807, 2.05) is 13.0 Å². The van der Waals surface area contributed by atoms with Crippen molar-refractivity contribution >= 4 is 11.6 Å². The lowest BCUT2D eigenvalue weighted by Gasteiger charge is -2.32. The summed E-state index contributed by atoms with van der Waals surface area (Å²) in [5.74, 6) is 3.25. The maximum atomic E-state index is 6.44. The second kappa shape index (κ2) is 7.73. The molecule has 0 spiro atoms. The molecule has 3 heterocycles. The van der Waals surface area contributed by atoms with Gasteiger partial charge in [0.15, 0.2) is 11.5 Å². The molecule has 2 aliphatic heterocycles. The number of aromatic nitrogens is 1. The van der Waals surface area contributed by atoms with E-state index in [0.717, 1.165) is 36.7 Å². The molecule has 0 N–H and O–H groups in total. The second-order valence-corrected chi connectivity index (χ2v) is 8.10. The van der Waals surface area contributed by atoms with Gasteiger partial charge in [0, 0.05) is 19.2 Å². The molecule has 0 amide bonds. The molecule has 0 aliphatic carbocycles. The fourth-order valence-corrected chi connectivity index (χ4v) is 4.41. The number of hydrogen-bond acceptors (Lipinski definition) is 5. The summed E-state index contributed by atoms with van der Waals surface area (Å²) < 4.78 is 16.8. The topological polar surface area (TPSA) is 47.7 Å². The Balaban J connectivity index is 1.35. The smallest absolute Gasteiger partial charge is 0.231 e. The zero-order chi connectivity index (χ0) is 19.8. The van der Waals surface area contributed by atoms with Gasteiger partial charge in [-0.1, -0.05) is 41.9 Å². The number of fused-ring (bicyclic) bond motifs is 1. The lowest BCUT2D eigenvalue weighted by molar-refractivity contribution is 0.174. The predicted octanol–water partition coefficient (Wildman–Crippen LogP) is 5.41. The van der Waals surface area contributed by atoms with Crippen LogP contribution in [0, 0.1) is 6.92 Å². The van der Waals surface area contributed by atoms with E-state index in [2.05, 4.69) is 35.2 Å². The number of nitrogens with zero attached hydrogens (tertiary/aromatic N) is 2. The zero-order valence-corrected chi connectivity index (χ0v) is 17.1. The highest BCUT2D eigenvalue weighted by atomic mass is 35.5. The van der Waals surface area contributed by atoms with Crippen molar-refractivity contribution in [1.82, 2.24) is 9.88 Å². The minimum absolute atomic E-state index is 0.211. The molecule has 2 aliphatic rings. The van der Waals surface area contributed by atoms with Crippen molar-refractivity contribution in [2.75, 3.05) is 19.9 Å². The number of likely N-dealkylation sites (tertiary alicyclic amines) is 1. The van der Waals surface area contributed by atoms with Crippen LogP contribution in [0.5, 0.6) is 11.5 Å². The zero-order valence-electron chi connectivity index (χ0n) is 16.4. The van der Waals surface area contributed by atoms with Gasteiger partial charge in [-0.15, -0.1) is 0 Å². The van der Waals surface area contributed by atoms with Gasteiger partial charge in [-0.3, -0.25) is 4.90 Å². The molecule has 150 valence electrons. The monoisotopic (exact) mass is 410 g/mol. The van der Waals surface area contributed by atoms with Crippen LogP contribution in [0.15, 0.2) is 46.9 Å². The summed E-state index contributed by atoms with van der Waals surface area (Å²) in [4.78, 5) is 7.24. The van der Waals surface area contributed by atoms with E-state index in [4.69, 9.17) is 30.5 Å². The first kappa shape index (κ1) is 18.5. The Bertz CT molecular complexity index is 1020. The first-order chi connectivity index (χ1) is 14.2. The highest BCUT2D eigenvalue weighted by Gasteiger charge is 2.25. The lowest BCUT2D eigenvalue weighted by atomic mass is 9.90. The average Bonchev–Trinajstić information content (AvgIpc) is 3.34. The van der Waals surface area contributed by atoms with Crippen LogP contribution in [0.25, 0.3) is 11.5 Å². The molecule has 0 bridgehead atoms. The minimum Gasteiger partial charge on any atom is -0.454 e. The van der Waals surface area contributed by atoms with E-state index in [1.165, 1.54) is 18.4 Å². The first-order valence-electron chi connectivity index (χ1n) is 10.0. The van der Waals surface area contributed by atoms with Crippen molar-refractivity contribution in [3.05, 3.63) is 64.5 Å². The van der Waals surface area contributed by atoms with Gasteiger partial charge in [-0.05, 0) is 43.9 Å². The molecule has 5 rings (SSSR count). The molecular weight excluding hydrogens is 388 g/mol. The fraction of sp³-hybridized carbons (Fsp3) is 0.348. The molecule has 1 aromatic heterocycles. The van der Waals surface area contributed by atoms with Crippen molar-refractivity contribution in [3.63, 3.8) is 0 Å². The second-order valence-electron chi connectivity index (χ2n) is 7.69. The van der Waals surface area contributed by atoms with Gasteiger partial charge in [0.1, 0.15) is 5.76 Å². The molecule has 5 nitrogen and oxygen atoms in total. The van der Waals surface area contributed by atoms with E-state index in [1.54, 1.807) is 6.07 Å². The maximum Gasteiger partial charge on any atom is 0.231 e. The molecule has 0 radical (unpaired) electrons. The third-order valence-electron chi connectivity index (χ3n) is 5.74. The van der Waals surface area contributed by atoms with E-state index < -0.39 is 0 Å². The summed E-state index contributed by atoms with van der Waals surface area (Å²) in [6.45, 7) is 5.07. The minimum atomic E-state index is 0.211. The molecule has 1 saturated heterocycles. The van der Waals surface area contributed by atoms with Crippen molar-refractivity contribution < 1.29 is 13.9 Å². The summed E-state index contributed by atoms with van der Waals surface area (Å²) in [5, 5.41) is 0.546. The van der Waals surface area contributed by atoms with E-state index in [-0.39, 0.29) is 6.79 Å². The summed E-state index contributed by atoms with van der Waals surface area (Å²) in [5.41, 5.74) is 3.11. The maximum absolute atomic E-state index is 6.44. The fourth-order valence-electron chi connectivity index (χ4n) is 4.18. The van der Waals surface area contributed by atoms with Gasteiger partial charge in [-0.2, -0.15) is 0 Å². The van der Waals surface area contributed by atoms with E-state index in [9.17, 15) is 0 Å².